The Kier molecular flexibility index (Phi) is 34.1. The zero-order chi connectivity index (χ0) is 86.4. The maximum absolute atomic E-state index is 12.5. The van der Waals surface area contributed by atoms with Crippen LogP contribution in [0.2, 0.25) is 0 Å². The van der Waals surface area contributed by atoms with E-state index in [0.29, 0.717) is 82.0 Å². The summed E-state index contributed by atoms with van der Waals surface area (Å²) < 4.78 is 45.2. The lowest BCUT2D eigenvalue weighted by Crippen LogP contribution is -2.43. The Morgan fingerprint density at radius 3 is 1.37 bits per heavy atom. The van der Waals surface area contributed by atoms with Crippen molar-refractivity contribution in [3.63, 3.8) is 0 Å². The summed E-state index contributed by atoms with van der Waals surface area (Å²) in [5.74, 6) is 3.55. The summed E-state index contributed by atoms with van der Waals surface area (Å²) in [6.45, 7) is 16.6. The van der Waals surface area contributed by atoms with Gasteiger partial charge in [-0.05, 0) is 241 Å². The highest BCUT2D eigenvalue weighted by atomic mass is 127. The molecule has 0 unspecified atom stereocenters. The summed E-state index contributed by atoms with van der Waals surface area (Å²) in [7, 11) is 0. The number of nitrogen functional groups attached to an aromatic ring is 2. The molecule has 634 valence electrons. The zero-order valence-electron chi connectivity index (χ0n) is 68.9. The standard InChI is InChI=1S/C26H28N4O3.C21H21N3O.C15H16N2O.C11H10N2O.C7H4ClNO4.C6H6IN.C4H7Br.C4H9NO/c1-2-33-21-10-11-22-23(17-27)25(30(24(22)16-21)20-4-3-5-20)18-6-8-19(9-7-18)28-26(31)29-12-14-32-15-13-29;1-2-25-17-10-11-18-19(13-22)21(14-6-8-15(23)9-7-14)24(20(18)12-17)16-4-3-5-16;1-2-18-13-6-7-14-11(9-16)10-17(15(14)8-13)12-4-3-5-12;1-2-14-9-3-4-10-8(6-12)7-13-11(10)5-9;8-7(10)13-6-3-1-5(2-4-6)9(11)12;7-5-1-3-6(8)4-2-5;5-4-2-1-3-4;1-3-6-4-2-5-1/h6-11,16,20H,2-5,12-15H2,1H3,(H,28,31);6-12,16H,2-5,23H2,1H3;6-8,10,12H,2-5H2,1H3;3-5,7,13H,2H2,1H3;1-4H;1-4H,8H2;4H,1-3H2;5H,1-4H2. The Morgan fingerprint density at radius 1 is 0.549 bits per heavy atom. The molecule has 4 aromatic heterocycles. The van der Waals surface area contributed by atoms with E-state index in [-0.39, 0.29) is 17.5 Å². The SMILES string of the molecule is BrC1CCC1.C1COCCN1.CCOc1ccc2c(C#N)c(-c3ccc(N)cc3)n(C3CCC3)c2c1.CCOc1ccc2c(C#N)c(-c3ccc(NC(=O)N4CCOCC4)cc3)n(C3CCC3)c2c1.CCOc1ccc2c(C#N)c[nH]c2c1.CCOc1ccc2c(C#N)cn(C3CCC3)c2c1.Nc1ccc(I)cc1.O=C(Cl)Oc1ccc([N+](=O)[O-])cc1. The van der Waals surface area contributed by atoms with Crippen molar-refractivity contribution >= 4 is 128 Å². The van der Waals surface area contributed by atoms with Crippen molar-refractivity contribution in [3.8, 4) is 75.5 Å². The van der Waals surface area contributed by atoms with Gasteiger partial charge in [0.05, 0.1) is 113 Å². The first kappa shape index (κ1) is 91.0. The van der Waals surface area contributed by atoms with Crippen LogP contribution in [-0.2, 0) is 9.47 Å². The number of fused-ring (bicyclic) bond motifs is 4. The van der Waals surface area contributed by atoms with Crippen molar-refractivity contribution in [2.45, 2.75) is 128 Å². The number of urea groups is 1. The molecule has 12 aromatic rings. The van der Waals surface area contributed by atoms with E-state index in [0.717, 1.165) is 174 Å². The summed E-state index contributed by atoms with van der Waals surface area (Å²) in [5, 5.41) is 58.2. The van der Waals surface area contributed by atoms with Crippen LogP contribution in [0.1, 0.15) is 145 Å². The highest BCUT2D eigenvalue weighted by Gasteiger charge is 2.31. The van der Waals surface area contributed by atoms with Crippen molar-refractivity contribution in [1.82, 2.24) is 28.9 Å². The van der Waals surface area contributed by atoms with Gasteiger partial charge in [0, 0.05) is 152 Å². The number of carbonyl (C=O) groups is 2. The van der Waals surface area contributed by atoms with Crippen LogP contribution in [0, 0.1) is 59.0 Å². The summed E-state index contributed by atoms with van der Waals surface area (Å²) in [6, 6.07) is 62.6. The van der Waals surface area contributed by atoms with Crippen molar-refractivity contribution in [3.05, 3.63) is 218 Å². The highest BCUT2D eigenvalue weighted by Crippen LogP contribution is 2.46. The fourth-order valence-corrected chi connectivity index (χ4v) is 15.4. The minimum atomic E-state index is -0.978. The van der Waals surface area contributed by atoms with Gasteiger partial charge in [0.15, 0.2) is 0 Å². The van der Waals surface area contributed by atoms with Gasteiger partial charge in [0.2, 0.25) is 0 Å². The number of benzene rings is 8. The number of hydrogen-bond donors (Lipinski definition) is 5. The van der Waals surface area contributed by atoms with Gasteiger partial charge in [-0.25, -0.2) is 9.59 Å². The van der Waals surface area contributed by atoms with E-state index in [9.17, 15) is 35.5 Å². The van der Waals surface area contributed by atoms with Gasteiger partial charge in [-0.2, -0.15) is 21.0 Å². The third kappa shape index (κ3) is 24.1. The average molecular weight is 1850 g/mol. The molecule has 28 heteroatoms. The molecule has 0 spiro atoms. The van der Waals surface area contributed by atoms with Crippen molar-refractivity contribution in [2.24, 2.45) is 0 Å². The number of anilines is 3. The third-order valence-electron chi connectivity index (χ3n) is 21.4. The molecule has 4 saturated carbocycles. The molecular weight excluding hydrogens is 1740 g/mol. The number of aromatic amines is 1. The number of nitro groups is 1. The van der Waals surface area contributed by atoms with Gasteiger partial charge in [0.25, 0.3) is 5.69 Å². The summed E-state index contributed by atoms with van der Waals surface area (Å²) in [4.78, 5) is 38.1. The monoisotopic (exact) mass is 1840 g/mol. The molecule has 6 aliphatic rings. The van der Waals surface area contributed by atoms with Crippen LogP contribution >= 0.6 is 50.1 Å². The molecule has 8 aromatic carbocycles. The number of nitriles is 4. The first-order chi connectivity index (χ1) is 59.4. The smallest absolute Gasteiger partial charge is 0.409 e. The number of non-ortho nitro benzene ring substituents is 1. The molecule has 7 N–H and O–H groups in total. The fraction of sp³-hybridized carbons (Fsp3) is 0.340. The highest BCUT2D eigenvalue weighted by molar-refractivity contribution is 14.1. The molecule has 6 heterocycles. The Bertz CT molecular complexity index is 5630. The number of nitro benzene ring substituents is 1. The number of hydrogen-bond acceptors (Lipinski definition) is 18. The quantitative estimate of drug-likeness (QED) is 0.0150. The normalized spacial score (nSPS) is 14.6. The number of ether oxygens (including phenoxy) is 7. The Hall–Kier alpha value is -11.8. The molecule has 0 bridgehead atoms. The summed E-state index contributed by atoms with van der Waals surface area (Å²) in [6.07, 6.45) is 18.6. The Morgan fingerprint density at radius 2 is 0.975 bits per heavy atom. The molecule has 2 amide bonds. The molecule has 0 atom stereocenters. The predicted octanol–water partition coefficient (Wildman–Crippen LogP) is 21.9. The Balaban J connectivity index is 0.000000145. The summed E-state index contributed by atoms with van der Waals surface area (Å²) >= 11 is 10.6. The topological polar surface area (TPSA) is 347 Å². The largest absolute Gasteiger partial charge is 0.494 e. The minimum Gasteiger partial charge on any atom is -0.494 e. The van der Waals surface area contributed by atoms with Gasteiger partial charge in [0.1, 0.15) is 53.0 Å². The van der Waals surface area contributed by atoms with Gasteiger partial charge in [-0.3, -0.25) is 10.1 Å². The number of H-pyrrole nitrogens is 1. The van der Waals surface area contributed by atoms with E-state index in [4.69, 9.17) is 56.8 Å². The van der Waals surface area contributed by atoms with Crippen LogP contribution in [0.3, 0.4) is 0 Å². The zero-order valence-corrected chi connectivity index (χ0v) is 73.4. The molecule has 2 saturated heterocycles. The number of nitrogens with two attached hydrogens (primary N) is 2. The number of nitrogens with zero attached hydrogens (tertiary/aromatic N) is 9. The lowest BCUT2D eigenvalue weighted by molar-refractivity contribution is -0.384. The lowest BCUT2D eigenvalue weighted by Gasteiger charge is -2.30. The average Bonchev–Trinajstić information content (AvgIpc) is 1.59. The van der Waals surface area contributed by atoms with Crippen LogP contribution < -0.4 is 45.8 Å². The van der Waals surface area contributed by atoms with Crippen molar-refractivity contribution in [1.29, 1.82) is 21.0 Å². The van der Waals surface area contributed by atoms with E-state index in [1.807, 2.05) is 161 Å². The molecule has 6 fully saturated rings. The van der Waals surface area contributed by atoms with E-state index in [1.54, 1.807) is 11.1 Å². The molecule has 18 rings (SSSR count). The first-order valence-electron chi connectivity index (χ1n) is 41.3. The second-order valence-electron chi connectivity index (χ2n) is 29.3. The molecular formula is C94H101BrClIN14O11. The van der Waals surface area contributed by atoms with Gasteiger partial charge >= 0.3 is 11.5 Å². The number of rotatable bonds is 16. The molecule has 0 radical (unpaired) electrons. The first-order valence-corrected chi connectivity index (χ1v) is 43.6. The van der Waals surface area contributed by atoms with E-state index in [1.165, 1.54) is 79.2 Å². The maximum atomic E-state index is 12.5. The summed E-state index contributed by atoms with van der Waals surface area (Å²) in [5.41, 5.74) is 23.5. The van der Waals surface area contributed by atoms with E-state index < -0.39 is 10.4 Å². The number of alkyl halides is 1. The number of amides is 2. The maximum Gasteiger partial charge on any atom is 0.409 e. The third-order valence-corrected chi connectivity index (χ3v) is 23.1. The van der Waals surface area contributed by atoms with E-state index in [2.05, 4.69) is 115 Å². The second kappa shape index (κ2) is 45.7. The van der Waals surface area contributed by atoms with Crippen LogP contribution in [-0.4, -0.2) is 124 Å². The number of morpholine rings is 2. The molecule has 2 aliphatic heterocycles. The molecule has 122 heavy (non-hydrogen) atoms. The predicted molar refractivity (Wildman–Crippen MR) is 492 cm³/mol. The van der Waals surface area contributed by atoms with Crippen LogP contribution in [0.5, 0.6) is 28.7 Å². The minimum absolute atomic E-state index is 0.0747. The van der Waals surface area contributed by atoms with Crippen LogP contribution in [0.4, 0.5) is 32.3 Å². The number of aromatic nitrogens is 4. The number of halogens is 3. The van der Waals surface area contributed by atoms with Crippen LogP contribution in [0.25, 0.3) is 66.1 Å². The van der Waals surface area contributed by atoms with Gasteiger partial charge in [-0.15, -0.1) is 0 Å². The van der Waals surface area contributed by atoms with Crippen molar-refractivity contribution in [2.75, 3.05) is 95.8 Å². The van der Waals surface area contributed by atoms with Gasteiger partial charge in [-0.1, -0.05) is 46.6 Å². The molecule has 25 nitrogen and oxygen atoms in total. The van der Waals surface area contributed by atoms with Crippen LogP contribution in [0.15, 0.2) is 182 Å². The van der Waals surface area contributed by atoms with E-state index >= 15 is 0 Å². The Labute approximate surface area is 737 Å². The lowest BCUT2D eigenvalue weighted by atomic mass is 9.92. The molecule has 4 aliphatic carbocycles. The number of nitrogens with one attached hydrogen (secondary N) is 3. The fourth-order valence-electron chi connectivity index (χ4n) is 14.3. The second-order valence-corrected chi connectivity index (χ2v) is 32.1. The van der Waals surface area contributed by atoms with Gasteiger partial charge < -0.3 is 78.8 Å². The number of carbonyl (C=O) groups excluding carboxylic acids is 2. The van der Waals surface area contributed by atoms with Crippen molar-refractivity contribution < 1.29 is 47.7 Å².